The molecule has 0 aliphatic carbocycles. The molecule has 0 spiro atoms. The maximum Gasteiger partial charge on any atom is 0.387 e. The largest absolute Gasteiger partial charge is 0.484 e. The van der Waals surface area contributed by atoms with Crippen molar-refractivity contribution in [3.63, 3.8) is 0 Å². The van der Waals surface area contributed by atoms with E-state index in [0.717, 1.165) is 0 Å². The highest BCUT2D eigenvalue weighted by atomic mass is 19.3. The number of hydrogen-bond donors (Lipinski definition) is 1. The predicted octanol–water partition coefficient (Wildman–Crippen LogP) is 3.62. The van der Waals surface area contributed by atoms with Gasteiger partial charge in [-0.25, -0.2) is 0 Å². The summed E-state index contributed by atoms with van der Waals surface area (Å²) in [5.41, 5.74) is 0.692. The second-order valence-electron chi connectivity index (χ2n) is 4.95. The third kappa shape index (κ3) is 4.39. The van der Waals surface area contributed by atoms with Crippen LogP contribution in [0, 0.1) is 17.0 Å². The molecule has 0 radical (unpaired) electrons. The molecule has 2 rings (SSSR count). The van der Waals surface area contributed by atoms with Crippen molar-refractivity contribution in [2.75, 3.05) is 6.61 Å². The number of rotatable bonds is 7. The van der Waals surface area contributed by atoms with Crippen molar-refractivity contribution in [1.82, 2.24) is 0 Å². The van der Waals surface area contributed by atoms with E-state index in [9.17, 15) is 24.0 Å². The van der Waals surface area contributed by atoms with Crippen molar-refractivity contribution in [3.8, 4) is 11.5 Å². The molecule has 2 aromatic carbocycles. The molecule has 1 N–H and O–H groups in total. The van der Waals surface area contributed by atoms with Crippen LogP contribution in [0.2, 0.25) is 0 Å². The Morgan fingerprint density at radius 3 is 2.46 bits per heavy atom. The molecule has 0 aromatic heterocycles. The molecule has 0 fully saturated rings. The fourth-order valence-electron chi connectivity index (χ4n) is 2.12. The van der Waals surface area contributed by atoms with E-state index in [4.69, 9.17) is 4.74 Å². The van der Waals surface area contributed by atoms with Crippen LogP contribution in [0.25, 0.3) is 0 Å². The summed E-state index contributed by atoms with van der Waals surface area (Å²) in [6.45, 7) is -1.56. The third-order valence-corrected chi connectivity index (χ3v) is 3.27. The third-order valence-electron chi connectivity index (χ3n) is 3.27. The summed E-state index contributed by atoms with van der Waals surface area (Å²) in [7, 11) is 0. The number of aliphatic hydroxyl groups excluding tert-OH is 1. The maximum atomic E-state index is 12.1. The van der Waals surface area contributed by atoms with E-state index in [-0.39, 0.29) is 23.8 Å². The number of hydrogen-bond acceptors (Lipinski definition) is 5. The van der Waals surface area contributed by atoms with Crippen molar-refractivity contribution in [2.45, 2.75) is 19.6 Å². The molecule has 2 aromatic rings. The molecule has 0 aliphatic rings. The number of ether oxygens (including phenoxy) is 2. The van der Waals surface area contributed by atoms with E-state index < -0.39 is 17.6 Å². The first-order valence-electron chi connectivity index (χ1n) is 6.98. The molecule has 128 valence electrons. The van der Waals surface area contributed by atoms with Crippen LogP contribution in [0.15, 0.2) is 42.5 Å². The van der Waals surface area contributed by atoms with E-state index in [1.807, 2.05) is 0 Å². The Bertz CT molecular complexity index is 706. The van der Waals surface area contributed by atoms with Gasteiger partial charge in [-0.15, -0.1) is 0 Å². The van der Waals surface area contributed by atoms with Crippen molar-refractivity contribution in [3.05, 3.63) is 63.7 Å². The minimum absolute atomic E-state index is 0.0313. The second-order valence-corrected chi connectivity index (χ2v) is 4.95. The fraction of sp³-hybridized carbons (Fsp3) is 0.250. The quantitative estimate of drug-likeness (QED) is 0.615. The lowest BCUT2D eigenvalue weighted by Crippen LogP contribution is -2.11. The Balaban J connectivity index is 2.04. The van der Waals surface area contributed by atoms with Gasteiger partial charge in [0.1, 0.15) is 18.5 Å². The van der Waals surface area contributed by atoms with E-state index in [2.05, 4.69) is 4.74 Å². The number of aryl methyl sites for hydroxylation is 1. The lowest BCUT2D eigenvalue weighted by Gasteiger charge is -2.14. The standard InChI is InChI=1S/C16H15F2NO5/c1-10-3-2-4-14(15(10)19(21)22)23-9-13(20)11-5-7-12(8-6-11)24-16(17)18/h2-8,13,16,20H,9H2,1H3. The zero-order valence-electron chi connectivity index (χ0n) is 12.7. The van der Waals surface area contributed by atoms with Gasteiger partial charge in [-0.1, -0.05) is 24.3 Å². The lowest BCUT2D eigenvalue weighted by molar-refractivity contribution is -0.386. The first kappa shape index (κ1) is 17.6. The highest BCUT2D eigenvalue weighted by Crippen LogP contribution is 2.31. The number of benzene rings is 2. The Labute approximate surface area is 136 Å². The molecule has 1 atom stereocenters. The van der Waals surface area contributed by atoms with Crippen LogP contribution < -0.4 is 9.47 Å². The summed E-state index contributed by atoms with van der Waals surface area (Å²) in [5.74, 6) is 0.0212. The fourth-order valence-corrected chi connectivity index (χ4v) is 2.12. The van der Waals surface area contributed by atoms with Crippen molar-refractivity contribution >= 4 is 5.69 Å². The van der Waals surface area contributed by atoms with E-state index >= 15 is 0 Å². The van der Waals surface area contributed by atoms with Crippen molar-refractivity contribution in [2.24, 2.45) is 0 Å². The number of halogens is 2. The van der Waals surface area contributed by atoms with Gasteiger partial charge in [0.2, 0.25) is 0 Å². The Hall–Kier alpha value is -2.74. The molecule has 6 nitrogen and oxygen atoms in total. The molecule has 24 heavy (non-hydrogen) atoms. The maximum absolute atomic E-state index is 12.1. The predicted molar refractivity (Wildman–Crippen MR) is 81.4 cm³/mol. The second kappa shape index (κ2) is 7.69. The van der Waals surface area contributed by atoms with Crippen molar-refractivity contribution in [1.29, 1.82) is 0 Å². The number of nitrogens with zero attached hydrogens (tertiary/aromatic N) is 1. The number of para-hydroxylation sites is 1. The van der Waals surface area contributed by atoms with Gasteiger partial charge in [-0.05, 0) is 30.7 Å². The van der Waals surface area contributed by atoms with Gasteiger partial charge >= 0.3 is 12.3 Å². The Morgan fingerprint density at radius 2 is 1.88 bits per heavy atom. The van der Waals surface area contributed by atoms with Crippen LogP contribution in [0.5, 0.6) is 11.5 Å². The first-order chi connectivity index (χ1) is 11.4. The number of nitro benzene ring substituents is 1. The molecule has 0 amide bonds. The Kier molecular flexibility index (Phi) is 5.64. The van der Waals surface area contributed by atoms with Crippen LogP contribution in [-0.2, 0) is 0 Å². The van der Waals surface area contributed by atoms with Gasteiger partial charge in [0, 0.05) is 5.56 Å². The SMILES string of the molecule is Cc1cccc(OCC(O)c2ccc(OC(F)F)cc2)c1[N+](=O)[O-]. The smallest absolute Gasteiger partial charge is 0.387 e. The minimum Gasteiger partial charge on any atom is -0.484 e. The van der Waals surface area contributed by atoms with Crippen LogP contribution in [0.3, 0.4) is 0 Å². The monoisotopic (exact) mass is 339 g/mol. The zero-order valence-corrected chi connectivity index (χ0v) is 12.7. The topological polar surface area (TPSA) is 81.8 Å². The molecule has 8 heteroatoms. The van der Waals surface area contributed by atoms with Crippen molar-refractivity contribution < 1.29 is 28.3 Å². The molecule has 1 unspecified atom stereocenters. The summed E-state index contributed by atoms with van der Waals surface area (Å²) in [5, 5.41) is 21.1. The average molecular weight is 339 g/mol. The summed E-state index contributed by atoms with van der Waals surface area (Å²) in [6.07, 6.45) is -1.08. The molecular weight excluding hydrogens is 324 g/mol. The highest BCUT2D eigenvalue weighted by molar-refractivity contribution is 5.52. The first-order valence-corrected chi connectivity index (χ1v) is 6.98. The summed E-state index contributed by atoms with van der Waals surface area (Å²) < 4.78 is 33.7. The lowest BCUT2D eigenvalue weighted by atomic mass is 10.1. The zero-order chi connectivity index (χ0) is 17.7. The average Bonchev–Trinajstić information content (AvgIpc) is 2.52. The van der Waals surface area contributed by atoms with Gasteiger partial charge < -0.3 is 14.6 Å². The van der Waals surface area contributed by atoms with E-state index in [1.54, 1.807) is 19.1 Å². The van der Waals surface area contributed by atoms with Gasteiger partial charge in [0.05, 0.1) is 4.92 Å². The molecule has 0 saturated heterocycles. The van der Waals surface area contributed by atoms with Crippen LogP contribution in [-0.4, -0.2) is 23.2 Å². The van der Waals surface area contributed by atoms with Crippen LogP contribution in [0.1, 0.15) is 17.2 Å². The van der Waals surface area contributed by atoms with Gasteiger partial charge in [0.15, 0.2) is 5.75 Å². The van der Waals surface area contributed by atoms with Gasteiger partial charge in [-0.2, -0.15) is 8.78 Å². The highest BCUT2D eigenvalue weighted by Gasteiger charge is 2.19. The minimum atomic E-state index is -2.93. The summed E-state index contributed by atoms with van der Waals surface area (Å²) >= 11 is 0. The molecular formula is C16H15F2NO5. The number of nitro groups is 1. The van der Waals surface area contributed by atoms with Gasteiger partial charge in [-0.3, -0.25) is 10.1 Å². The normalized spacial score (nSPS) is 12.0. The summed E-state index contributed by atoms with van der Waals surface area (Å²) in [6, 6.07) is 10.0. The van der Waals surface area contributed by atoms with E-state index in [0.29, 0.717) is 11.1 Å². The molecule has 0 heterocycles. The number of aliphatic hydroxyl groups is 1. The van der Waals surface area contributed by atoms with Gasteiger partial charge in [0.25, 0.3) is 0 Å². The van der Waals surface area contributed by atoms with Crippen LogP contribution in [0.4, 0.5) is 14.5 Å². The summed E-state index contributed by atoms with van der Waals surface area (Å²) in [4.78, 5) is 10.5. The Morgan fingerprint density at radius 1 is 1.21 bits per heavy atom. The van der Waals surface area contributed by atoms with E-state index in [1.165, 1.54) is 30.3 Å². The van der Waals surface area contributed by atoms with Crippen LogP contribution >= 0.6 is 0 Å². The number of alkyl halides is 2. The molecule has 0 saturated carbocycles. The molecule has 0 aliphatic heterocycles. The molecule has 0 bridgehead atoms.